The van der Waals surface area contributed by atoms with Crippen LogP contribution in [0.2, 0.25) is 0 Å². The lowest BCUT2D eigenvalue weighted by Crippen LogP contribution is -2.53. The number of nitrogens with zero attached hydrogens (tertiary/aromatic N) is 2. The van der Waals surface area contributed by atoms with E-state index >= 15 is 0 Å². The normalized spacial score (nSPS) is 12.2. The van der Waals surface area contributed by atoms with Crippen LogP contribution >= 0.6 is 0 Å². The van der Waals surface area contributed by atoms with Crippen LogP contribution in [0.3, 0.4) is 0 Å². The van der Waals surface area contributed by atoms with Crippen LogP contribution in [-0.2, 0) is 0 Å². The topological polar surface area (TPSA) is 9.86 Å². The molecule has 0 bridgehead atoms. The smallest absolute Gasteiger partial charge is 0.332 e. The Hall–Kier alpha value is -7.36. The monoisotopic (exact) mass is 722 g/mol. The molecule has 0 spiro atoms. The highest BCUT2D eigenvalue weighted by Crippen LogP contribution is 2.45. The first kappa shape index (κ1) is 31.9. The van der Waals surface area contributed by atoms with E-state index in [0.29, 0.717) is 0 Å². The summed E-state index contributed by atoms with van der Waals surface area (Å²) in [5, 5.41) is 5.06. The standard InChI is InChI=1S/C54H35BN2/c1-5-18-36(19-6-1)40-32-44(38-22-9-3-10-23-38)52-46(34-40)47-35-41(37-20-7-2-8-21-37)33-45(39-24-11-4-12-25-39)53(47)57(52)55-48-28-14-16-31-51(48)56-50-30-15-13-26-42(50)43-27-17-29-49(55)54(43)56/h1-35H. The van der Waals surface area contributed by atoms with E-state index in [2.05, 4.69) is 221 Å². The molecule has 57 heavy (non-hydrogen) atoms. The minimum Gasteiger partial charge on any atom is -0.375 e. The summed E-state index contributed by atoms with van der Waals surface area (Å²) in [4.78, 5) is 0. The molecule has 0 radical (unpaired) electrons. The Morgan fingerprint density at radius 3 is 1.33 bits per heavy atom. The van der Waals surface area contributed by atoms with Crippen molar-refractivity contribution in [2.24, 2.45) is 0 Å². The molecule has 0 saturated heterocycles. The molecular formula is C54H35BN2. The van der Waals surface area contributed by atoms with Gasteiger partial charge in [-0.25, -0.2) is 0 Å². The number of rotatable bonds is 5. The van der Waals surface area contributed by atoms with E-state index < -0.39 is 0 Å². The first-order valence-corrected chi connectivity index (χ1v) is 19.8. The number of benzene rings is 9. The minimum absolute atomic E-state index is 0.114. The second-order valence-corrected chi connectivity index (χ2v) is 15.2. The molecule has 12 rings (SSSR count). The predicted molar refractivity (Wildman–Crippen MR) is 242 cm³/mol. The van der Waals surface area contributed by atoms with Crippen LogP contribution in [0.1, 0.15) is 0 Å². The molecule has 0 aliphatic carbocycles. The zero-order valence-electron chi connectivity index (χ0n) is 31.2. The summed E-state index contributed by atoms with van der Waals surface area (Å²) in [6.45, 7) is -0.114. The van der Waals surface area contributed by atoms with Gasteiger partial charge in [0.25, 0.3) is 0 Å². The number of hydrogen-bond acceptors (Lipinski definition) is 0. The molecule has 3 heteroatoms. The average molecular weight is 723 g/mol. The number of hydrogen-bond donors (Lipinski definition) is 0. The van der Waals surface area contributed by atoms with Crippen LogP contribution in [-0.4, -0.2) is 15.9 Å². The first-order chi connectivity index (χ1) is 28.3. The van der Waals surface area contributed by atoms with Gasteiger partial charge in [0.05, 0.1) is 11.0 Å². The van der Waals surface area contributed by atoms with Gasteiger partial charge in [-0.3, -0.25) is 0 Å². The van der Waals surface area contributed by atoms with Gasteiger partial charge in [-0.15, -0.1) is 0 Å². The molecule has 0 saturated carbocycles. The van der Waals surface area contributed by atoms with Gasteiger partial charge in [0, 0.05) is 49.4 Å². The Morgan fingerprint density at radius 1 is 0.298 bits per heavy atom. The minimum atomic E-state index is -0.114. The molecule has 0 fully saturated rings. The van der Waals surface area contributed by atoms with Gasteiger partial charge in [-0.2, -0.15) is 0 Å². The zero-order chi connectivity index (χ0) is 37.5. The molecule has 2 aromatic heterocycles. The Labute approximate surface area is 331 Å². The lowest BCUT2D eigenvalue weighted by molar-refractivity contribution is 1.18. The molecule has 0 amide bonds. The SMILES string of the molecule is c1ccc(-c2cc(-c3ccccc3)c3c(c2)c2cc(-c4ccccc4)cc(-c4ccccc4)c2n3B2c3ccccc3-n3c4ccccc4c4cccc2c43)cc1. The van der Waals surface area contributed by atoms with Crippen molar-refractivity contribution in [2.75, 3.05) is 0 Å². The largest absolute Gasteiger partial charge is 0.375 e. The fraction of sp³-hybridized carbons (Fsp3) is 0. The van der Waals surface area contributed by atoms with E-state index in [4.69, 9.17) is 0 Å². The number of para-hydroxylation sites is 3. The van der Waals surface area contributed by atoms with Crippen LogP contribution in [0, 0.1) is 0 Å². The second kappa shape index (κ2) is 12.6. The number of fused-ring (bicyclic) bond motifs is 8. The van der Waals surface area contributed by atoms with Crippen LogP contribution in [0.4, 0.5) is 0 Å². The Morgan fingerprint density at radius 2 is 0.754 bits per heavy atom. The molecule has 3 heterocycles. The highest BCUT2D eigenvalue weighted by molar-refractivity contribution is 6.88. The molecule has 0 unspecified atom stereocenters. The van der Waals surface area contributed by atoms with Crippen molar-refractivity contribution in [3.8, 4) is 50.2 Å². The Balaban J connectivity index is 1.32. The quantitative estimate of drug-likeness (QED) is 0.157. The van der Waals surface area contributed by atoms with E-state index in [-0.39, 0.29) is 6.85 Å². The fourth-order valence-electron chi connectivity index (χ4n) is 9.72. The highest BCUT2D eigenvalue weighted by Gasteiger charge is 2.37. The summed E-state index contributed by atoms with van der Waals surface area (Å²) >= 11 is 0. The maximum atomic E-state index is 2.72. The maximum absolute atomic E-state index is 2.72. The van der Waals surface area contributed by atoms with Gasteiger partial charge in [0.15, 0.2) is 0 Å². The molecule has 264 valence electrons. The average Bonchev–Trinajstić information content (AvgIpc) is 3.81. The Bertz CT molecular complexity index is 3190. The lowest BCUT2D eigenvalue weighted by atomic mass is 9.48. The van der Waals surface area contributed by atoms with Gasteiger partial charge >= 0.3 is 6.85 Å². The summed E-state index contributed by atoms with van der Waals surface area (Å²) in [7, 11) is 0. The third-order valence-electron chi connectivity index (χ3n) is 12.1. The summed E-state index contributed by atoms with van der Waals surface area (Å²) in [5.74, 6) is 0. The second-order valence-electron chi connectivity index (χ2n) is 15.2. The van der Waals surface area contributed by atoms with Gasteiger partial charge in [0.2, 0.25) is 0 Å². The molecule has 1 aliphatic heterocycles. The Kier molecular flexibility index (Phi) is 7.06. The van der Waals surface area contributed by atoms with Crippen LogP contribution in [0.5, 0.6) is 0 Å². The van der Waals surface area contributed by atoms with Crippen molar-refractivity contribution in [2.45, 2.75) is 0 Å². The van der Waals surface area contributed by atoms with Gasteiger partial charge < -0.3 is 9.05 Å². The van der Waals surface area contributed by atoms with Crippen molar-refractivity contribution >= 4 is 61.4 Å². The lowest BCUT2D eigenvalue weighted by Gasteiger charge is -2.29. The van der Waals surface area contributed by atoms with Gasteiger partial charge in [-0.05, 0) is 80.7 Å². The van der Waals surface area contributed by atoms with Crippen molar-refractivity contribution in [3.63, 3.8) is 0 Å². The molecule has 1 aliphatic rings. The van der Waals surface area contributed by atoms with E-state index in [9.17, 15) is 0 Å². The van der Waals surface area contributed by atoms with Gasteiger partial charge in [0.1, 0.15) is 0 Å². The van der Waals surface area contributed by atoms with E-state index in [1.165, 1.54) is 105 Å². The molecule has 9 aromatic carbocycles. The van der Waals surface area contributed by atoms with Crippen molar-refractivity contribution in [3.05, 3.63) is 212 Å². The summed E-state index contributed by atoms with van der Waals surface area (Å²) < 4.78 is 5.23. The molecule has 2 nitrogen and oxygen atoms in total. The number of aromatic nitrogens is 2. The van der Waals surface area contributed by atoms with Gasteiger partial charge in [-0.1, -0.05) is 176 Å². The van der Waals surface area contributed by atoms with Crippen LogP contribution < -0.4 is 10.9 Å². The van der Waals surface area contributed by atoms with E-state index in [1.807, 2.05) is 0 Å². The maximum Gasteiger partial charge on any atom is 0.332 e. The van der Waals surface area contributed by atoms with E-state index in [0.717, 1.165) is 0 Å². The molecule has 0 N–H and O–H groups in total. The summed E-state index contributed by atoms with van der Waals surface area (Å²) in [6, 6.07) is 78.4. The third kappa shape index (κ3) is 4.79. The van der Waals surface area contributed by atoms with E-state index in [1.54, 1.807) is 0 Å². The highest BCUT2D eigenvalue weighted by atomic mass is 15.0. The van der Waals surface area contributed by atoms with Crippen molar-refractivity contribution in [1.82, 2.24) is 9.05 Å². The third-order valence-corrected chi connectivity index (χ3v) is 12.1. The van der Waals surface area contributed by atoms with Crippen molar-refractivity contribution < 1.29 is 0 Å². The van der Waals surface area contributed by atoms with Crippen molar-refractivity contribution in [1.29, 1.82) is 0 Å². The molecule has 0 atom stereocenters. The summed E-state index contributed by atoms with van der Waals surface area (Å²) in [6.07, 6.45) is 0. The first-order valence-electron chi connectivity index (χ1n) is 19.8. The van der Waals surface area contributed by atoms with Crippen LogP contribution in [0.15, 0.2) is 212 Å². The molecule has 11 aromatic rings. The predicted octanol–water partition coefficient (Wildman–Crippen LogP) is 12.5. The summed E-state index contributed by atoms with van der Waals surface area (Å²) in [5.41, 5.74) is 18.5. The fourth-order valence-corrected chi connectivity index (χ4v) is 9.72. The molecular weight excluding hydrogens is 687 g/mol. The van der Waals surface area contributed by atoms with Crippen LogP contribution in [0.25, 0.3) is 93.8 Å². The zero-order valence-corrected chi connectivity index (χ0v) is 31.2.